The van der Waals surface area contributed by atoms with Gasteiger partial charge in [0.25, 0.3) is 0 Å². The van der Waals surface area contributed by atoms with Crippen molar-refractivity contribution in [2.45, 2.75) is 39.9 Å². The van der Waals surface area contributed by atoms with Crippen molar-refractivity contribution in [3.05, 3.63) is 72.8 Å². The van der Waals surface area contributed by atoms with Gasteiger partial charge in [-0.2, -0.15) is 0 Å². The Bertz CT molecular complexity index is 1010. The average molecular weight is 454 g/mol. The third kappa shape index (κ3) is 7.37. The van der Waals surface area contributed by atoms with Crippen molar-refractivity contribution in [3.8, 4) is 22.6 Å². The summed E-state index contributed by atoms with van der Waals surface area (Å²) in [5, 5.41) is 40.9. The topological polar surface area (TPSA) is 80.9 Å². The molecule has 0 atom stereocenters. The zero-order chi connectivity index (χ0) is 22.3. The fourth-order valence-electron chi connectivity index (χ4n) is 3.05. The van der Waals surface area contributed by atoms with Gasteiger partial charge in [0.15, 0.2) is 0 Å². The number of hydrogen-bond donors (Lipinski definition) is 4. The van der Waals surface area contributed by atoms with Gasteiger partial charge in [-0.25, -0.2) is 0 Å². The van der Waals surface area contributed by atoms with E-state index >= 15 is 0 Å². The van der Waals surface area contributed by atoms with Gasteiger partial charge in [0.2, 0.25) is 0 Å². The number of hydrogen-bond acceptors (Lipinski definition) is 4. The Labute approximate surface area is 198 Å². The molecule has 4 aromatic carbocycles. The number of aliphatic hydroxyl groups excluding tert-OH is 2. The summed E-state index contributed by atoms with van der Waals surface area (Å²) in [5.41, 5.74) is 1.35. The number of benzene rings is 4. The van der Waals surface area contributed by atoms with Crippen LogP contribution in [0, 0.1) is 0 Å². The van der Waals surface area contributed by atoms with Crippen LogP contribution in [0.25, 0.3) is 32.7 Å². The summed E-state index contributed by atoms with van der Waals surface area (Å²) >= 11 is 0. The fourth-order valence-corrected chi connectivity index (χ4v) is 3.05. The van der Waals surface area contributed by atoms with Gasteiger partial charge in [-0.1, -0.05) is 60.7 Å². The molecule has 162 valence electrons. The minimum atomic E-state index is -0.167. The van der Waals surface area contributed by atoms with Crippen LogP contribution in [0.1, 0.15) is 27.7 Å². The molecule has 5 heteroatoms. The molecule has 4 aromatic rings. The van der Waals surface area contributed by atoms with Crippen LogP contribution in [0.3, 0.4) is 0 Å². The first-order valence-corrected chi connectivity index (χ1v) is 10.00. The zero-order valence-electron chi connectivity index (χ0n) is 18.4. The van der Waals surface area contributed by atoms with Crippen molar-refractivity contribution in [2.75, 3.05) is 0 Å². The minimum Gasteiger partial charge on any atom is -0.507 e. The third-order valence-corrected chi connectivity index (χ3v) is 4.06. The van der Waals surface area contributed by atoms with E-state index in [0.717, 1.165) is 21.5 Å². The smallest absolute Gasteiger partial charge is 0.124 e. The van der Waals surface area contributed by atoms with Crippen LogP contribution < -0.4 is 0 Å². The van der Waals surface area contributed by atoms with E-state index in [9.17, 15) is 10.2 Å². The Morgan fingerprint density at radius 1 is 0.516 bits per heavy atom. The Morgan fingerprint density at radius 2 is 0.806 bits per heavy atom. The van der Waals surface area contributed by atoms with Crippen molar-refractivity contribution >= 4 is 21.5 Å². The number of aliphatic hydroxyl groups is 2. The summed E-state index contributed by atoms with van der Waals surface area (Å²) in [7, 11) is 0. The summed E-state index contributed by atoms with van der Waals surface area (Å²) < 4.78 is 0. The van der Waals surface area contributed by atoms with Crippen LogP contribution in [-0.2, 0) is 21.7 Å². The Hall–Kier alpha value is -2.37. The number of aromatic hydroxyl groups is 2. The first-order valence-electron chi connectivity index (χ1n) is 10.00. The maximum absolute atomic E-state index is 10.4. The van der Waals surface area contributed by atoms with Crippen molar-refractivity contribution in [3.63, 3.8) is 0 Å². The molecule has 0 saturated carbocycles. The first-order chi connectivity index (χ1) is 14.2. The van der Waals surface area contributed by atoms with Crippen molar-refractivity contribution < 1.29 is 42.1 Å². The molecule has 0 saturated heterocycles. The monoisotopic (exact) mass is 454 g/mol. The molecule has 0 aliphatic rings. The molecule has 0 spiro atoms. The molecule has 0 fully saturated rings. The molecule has 0 aliphatic carbocycles. The molecule has 4 nitrogen and oxygen atoms in total. The van der Waals surface area contributed by atoms with Crippen molar-refractivity contribution in [1.82, 2.24) is 0 Å². The second-order valence-electron chi connectivity index (χ2n) is 7.55. The van der Waals surface area contributed by atoms with Gasteiger partial charge in [0.1, 0.15) is 11.5 Å². The number of fused-ring (bicyclic) bond motifs is 2. The number of rotatable bonds is 1. The summed E-state index contributed by atoms with van der Waals surface area (Å²) in [6.45, 7) is 6.89. The van der Waals surface area contributed by atoms with Gasteiger partial charge < -0.3 is 20.4 Å². The van der Waals surface area contributed by atoms with Crippen LogP contribution in [0.2, 0.25) is 0 Å². The average Bonchev–Trinajstić information content (AvgIpc) is 2.68. The Balaban J connectivity index is 0.000000465. The molecule has 0 bridgehead atoms. The van der Waals surface area contributed by atoms with E-state index in [2.05, 4.69) is 0 Å². The van der Waals surface area contributed by atoms with Gasteiger partial charge in [-0.3, -0.25) is 0 Å². The van der Waals surface area contributed by atoms with Crippen molar-refractivity contribution in [1.29, 1.82) is 0 Å². The van der Waals surface area contributed by atoms with Gasteiger partial charge in [-0.15, -0.1) is 0 Å². The maximum Gasteiger partial charge on any atom is 0.124 e. The SMILES string of the molecule is CC(C)O.CC(C)O.Oc1ccc2ccccc2c1-c1c(O)ccc2ccccc12.[Ti]. The molecule has 0 aliphatic heterocycles. The summed E-state index contributed by atoms with van der Waals surface area (Å²) in [5.74, 6) is 0.343. The van der Waals surface area contributed by atoms with Crippen LogP contribution >= 0.6 is 0 Å². The van der Waals surface area contributed by atoms with E-state index in [1.807, 2.05) is 60.7 Å². The van der Waals surface area contributed by atoms with E-state index in [4.69, 9.17) is 10.2 Å². The third-order valence-electron chi connectivity index (χ3n) is 4.06. The van der Waals surface area contributed by atoms with E-state index in [-0.39, 0.29) is 45.4 Å². The summed E-state index contributed by atoms with van der Waals surface area (Å²) in [6, 6.07) is 22.9. The van der Waals surface area contributed by atoms with E-state index in [1.54, 1.807) is 39.8 Å². The molecule has 4 N–H and O–H groups in total. The van der Waals surface area contributed by atoms with Crippen LogP contribution in [-0.4, -0.2) is 32.6 Å². The number of phenols is 2. The molecular formula is C26H30O4Ti. The minimum absolute atomic E-state index is 0. The Morgan fingerprint density at radius 3 is 1.13 bits per heavy atom. The molecule has 0 aromatic heterocycles. The summed E-state index contributed by atoms with van der Waals surface area (Å²) in [6.07, 6.45) is -0.333. The van der Waals surface area contributed by atoms with E-state index < -0.39 is 0 Å². The van der Waals surface area contributed by atoms with Gasteiger partial charge in [-0.05, 0) is 61.4 Å². The molecule has 0 radical (unpaired) electrons. The summed E-state index contributed by atoms with van der Waals surface area (Å²) in [4.78, 5) is 0. The zero-order valence-corrected chi connectivity index (χ0v) is 19.9. The van der Waals surface area contributed by atoms with E-state index in [0.29, 0.717) is 11.1 Å². The second-order valence-corrected chi connectivity index (χ2v) is 7.55. The second kappa shape index (κ2) is 12.5. The molecule has 4 rings (SSSR count). The molecule has 0 unspecified atom stereocenters. The quantitative estimate of drug-likeness (QED) is 0.272. The first kappa shape index (κ1) is 26.7. The molecule has 31 heavy (non-hydrogen) atoms. The van der Waals surface area contributed by atoms with Crippen LogP contribution in [0.4, 0.5) is 0 Å². The predicted molar refractivity (Wildman–Crippen MR) is 125 cm³/mol. The predicted octanol–water partition coefficient (Wildman–Crippen LogP) is 5.84. The normalized spacial score (nSPS) is 10.2. The van der Waals surface area contributed by atoms with Gasteiger partial charge in [0, 0.05) is 45.1 Å². The molecule has 0 amide bonds. The van der Waals surface area contributed by atoms with Crippen LogP contribution in [0.5, 0.6) is 11.5 Å². The fraction of sp³-hybridized carbons (Fsp3) is 0.231. The van der Waals surface area contributed by atoms with Crippen LogP contribution in [0.15, 0.2) is 72.8 Å². The van der Waals surface area contributed by atoms with E-state index in [1.165, 1.54) is 0 Å². The van der Waals surface area contributed by atoms with Gasteiger partial charge in [0.05, 0.1) is 0 Å². The largest absolute Gasteiger partial charge is 0.507 e. The molecule has 0 heterocycles. The molecular weight excluding hydrogens is 424 g/mol. The standard InChI is InChI=1S/C20H14O2.2C3H8O.Ti/c21-17-11-9-13-5-1-3-7-15(13)19(17)20-16-8-4-2-6-14(16)10-12-18(20)22;2*1-3(2)4;/h1-12,21-22H;2*3-4H,1-2H3;. The Kier molecular flexibility index (Phi) is 10.7. The van der Waals surface area contributed by atoms with Crippen molar-refractivity contribution in [2.24, 2.45) is 0 Å². The maximum atomic E-state index is 10.4. The number of phenolic OH excluding ortho intramolecular Hbond substituents is 2. The van der Waals surface area contributed by atoms with Gasteiger partial charge >= 0.3 is 0 Å².